The maximum Gasteiger partial charge on any atom is 0.0807 e. The third-order valence-electron chi connectivity index (χ3n) is 5.40. The SMILES string of the molecule is CCCCCC(CCCCC)N1CCC(N=Cc2ccccn2)CC1. The number of piperidine rings is 1. The first-order chi connectivity index (χ1) is 12.3. The van der Waals surface area contributed by atoms with Gasteiger partial charge in [0.2, 0.25) is 0 Å². The van der Waals surface area contributed by atoms with Crippen LogP contribution in [0.4, 0.5) is 0 Å². The van der Waals surface area contributed by atoms with Gasteiger partial charge in [0.15, 0.2) is 0 Å². The van der Waals surface area contributed by atoms with Crippen LogP contribution in [0.5, 0.6) is 0 Å². The lowest BCUT2D eigenvalue weighted by Crippen LogP contribution is -2.42. The van der Waals surface area contributed by atoms with Crippen LogP contribution in [0, 0.1) is 0 Å². The molecule has 0 aromatic carbocycles. The smallest absolute Gasteiger partial charge is 0.0807 e. The van der Waals surface area contributed by atoms with Crippen molar-refractivity contribution < 1.29 is 0 Å². The van der Waals surface area contributed by atoms with Crippen molar-refractivity contribution in [3.05, 3.63) is 30.1 Å². The minimum atomic E-state index is 0.477. The maximum atomic E-state index is 4.78. The second-order valence-corrected chi connectivity index (χ2v) is 7.45. The molecule has 1 aromatic heterocycles. The van der Waals surface area contributed by atoms with Gasteiger partial charge in [-0.05, 0) is 37.8 Å². The largest absolute Gasteiger partial charge is 0.300 e. The van der Waals surface area contributed by atoms with E-state index in [1.807, 2.05) is 30.6 Å². The van der Waals surface area contributed by atoms with E-state index in [0.29, 0.717) is 6.04 Å². The van der Waals surface area contributed by atoms with Gasteiger partial charge in [-0.25, -0.2) is 0 Å². The first-order valence-corrected chi connectivity index (χ1v) is 10.5. The summed E-state index contributed by atoms with van der Waals surface area (Å²) < 4.78 is 0. The van der Waals surface area contributed by atoms with Gasteiger partial charge in [0.05, 0.1) is 11.7 Å². The van der Waals surface area contributed by atoms with Crippen molar-refractivity contribution in [1.29, 1.82) is 0 Å². The van der Waals surface area contributed by atoms with Gasteiger partial charge in [-0.2, -0.15) is 0 Å². The fourth-order valence-corrected chi connectivity index (χ4v) is 3.80. The van der Waals surface area contributed by atoms with E-state index in [0.717, 1.165) is 11.7 Å². The molecule has 1 aliphatic rings. The van der Waals surface area contributed by atoms with E-state index in [9.17, 15) is 0 Å². The summed E-state index contributed by atoms with van der Waals surface area (Å²) in [5.41, 5.74) is 0.974. The van der Waals surface area contributed by atoms with Gasteiger partial charge in [-0.1, -0.05) is 58.4 Å². The zero-order valence-corrected chi connectivity index (χ0v) is 16.4. The minimum absolute atomic E-state index is 0.477. The predicted molar refractivity (Wildman–Crippen MR) is 108 cm³/mol. The minimum Gasteiger partial charge on any atom is -0.300 e. The molecule has 3 nitrogen and oxygen atoms in total. The highest BCUT2D eigenvalue weighted by Crippen LogP contribution is 2.22. The molecule has 0 saturated carbocycles. The van der Waals surface area contributed by atoms with Crippen LogP contribution in [-0.4, -0.2) is 41.3 Å². The number of likely N-dealkylation sites (tertiary alicyclic amines) is 1. The van der Waals surface area contributed by atoms with Crippen molar-refractivity contribution in [2.24, 2.45) is 4.99 Å². The van der Waals surface area contributed by atoms with Gasteiger partial charge >= 0.3 is 0 Å². The van der Waals surface area contributed by atoms with E-state index in [4.69, 9.17) is 4.99 Å². The Bertz CT molecular complexity index is 453. The number of aliphatic imine (C=N–C) groups is 1. The monoisotopic (exact) mass is 343 g/mol. The molecule has 2 heterocycles. The van der Waals surface area contributed by atoms with Crippen LogP contribution in [0.1, 0.15) is 83.7 Å². The molecule has 1 fully saturated rings. The molecule has 1 aromatic rings. The Morgan fingerprint density at radius 3 is 2.32 bits per heavy atom. The van der Waals surface area contributed by atoms with Gasteiger partial charge in [0.1, 0.15) is 0 Å². The zero-order chi connectivity index (χ0) is 17.7. The lowest BCUT2D eigenvalue weighted by atomic mass is 9.96. The molecule has 0 bridgehead atoms. The summed E-state index contributed by atoms with van der Waals surface area (Å²) in [6, 6.07) is 7.28. The topological polar surface area (TPSA) is 28.5 Å². The molecular weight excluding hydrogens is 306 g/mol. The lowest BCUT2D eigenvalue weighted by molar-refractivity contribution is 0.134. The highest BCUT2D eigenvalue weighted by Gasteiger charge is 2.24. The van der Waals surface area contributed by atoms with Gasteiger partial charge < -0.3 is 4.90 Å². The molecule has 2 rings (SSSR count). The van der Waals surface area contributed by atoms with E-state index < -0.39 is 0 Å². The number of hydrogen-bond acceptors (Lipinski definition) is 3. The first-order valence-electron chi connectivity index (χ1n) is 10.5. The van der Waals surface area contributed by atoms with Gasteiger partial charge in [-0.3, -0.25) is 9.98 Å². The van der Waals surface area contributed by atoms with Crippen LogP contribution < -0.4 is 0 Å². The van der Waals surface area contributed by atoms with Crippen molar-refractivity contribution >= 4 is 6.21 Å². The van der Waals surface area contributed by atoms with Crippen molar-refractivity contribution in [3.63, 3.8) is 0 Å². The van der Waals surface area contributed by atoms with Crippen LogP contribution in [0.3, 0.4) is 0 Å². The van der Waals surface area contributed by atoms with E-state index in [2.05, 4.69) is 23.7 Å². The van der Waals surface area contributed by atoms with E-state index in [-0.39, 0.29) is 0 Å². The standard InChI is InChI=1S/C22H37N3/c1-3-5-7-12-22(13-8-6-4-2)25-17-14-20(15-18-25)24-19-21-11-9-10-16-23-21/h9-11,16,19-20,22H,3-8,12-15,17-18H2,1-2H3. The van der Waals surface area contributed by atoms with Crippen molar-refractivity contribution in [1.82, 2.24) is 9.88 Å². The molecule has 0 N–H and O–H groups in total. The van der Waals surface area contributed by atoms with Crippen molar-refractivity contribution in [2.45, 2.75) is 90.1 Å². The Labute approximate surface area is 155 Å². The number of hydrogen-bond donors (Lipinski definition) is 0. The van der Waals surface area contributed by atoms with Crippen LogP contribution in [-0.2, 0) is 0 Å². The van der Waals surface area contributed by atoms with Crippen LogP contribution in [0.15, 0.2) is 29.4 Å². The van der Waals surface area contributed by atoms with Crippen molar-refractivity contribution in [3.8, 4) is 0 Å². The average Bonchev–Trinajstić information content (AvgIpc) is 2.67. The second kappa shape index (κ2) is 12.2. The molecule has 1 saturated heterocycles. The Hall–Kier alpha value is -1.22. The van der Waals surface area contributed by atoms with E-state index >= 15 is 0 Å². The van der Waals surface area contributed by atoms with Crippen LogP contribution in [0.25, 0.3) is 0 Å². The summed E-state index contributed by atoms with van der Waals surface area (Å²) in [5, 5.41) is 0. The average molecular weight is 344 g/mol. The van der Waals surface area contributed by atoms with Gasteiger partial charge in [-0.15, -0.1) is 0 Å². The lowest BCUT2D eigenvalue weighted by Gasteiger charge is -2.37. The molecular formula is C22H37N3. The summed E-state index contributed by atoms with van der Waals surface area (Å²) in [4.78, 5) is 11.9. The van der Waals surface area contributed by atoms with Gasteiger partial charge in [0.25, 0.3) is 0 Å². The normalized spacial score (nSPS) is 16.9. The Morgan fingerprint density at radius 2 is 1.76 bits per heavy atom. The zero-order valence-electron chi connectivity index (χ0n) is 16.4. The molecule has 1 aliphatic heterocycles. The molecule has 3 heteroatoms. The fourth-order valence-electron chi connectivity index (χ4n) is 3.80. The third kappa shape index (κ3) is 7.68. The quantitative estimate of drug-likeness (QED) is 0.392. The molecule has 0 atom stereocenters. The molecule has 0 spiro atoms. The summed E-state index contributed by atoms with van der Waals surface area (Å²) in [7, 11) is 0. The molecule has 0 amide bonds. The summed E-state index contributed by atoms with van der Waals surface area (Å²) in [5.74, 6) is 0. The summed E-state index contributed by atoms with van der Waals surface area (Å²) >= 11 is 0. The maximum absolute atomic E-state index is 4.78. The molecule has 0 unspecified atom stereocenters. The number of aromatic nitrogens is 1. The highest BCUT2D eigenvalue weighted by atomic mass is 15.2. The van der Waals surface area contributed by atoms with E-state index in [1.165, 1.54) is 77.3 Å². The van der Waals surface area contributed by atoms with Crippen molar-refractivity contribution in [2.75, 3.05) is 13.1 Å². The molecule has 0 radical (unpaired) electrons. The summed E-state index contributed by atoms with van der Waals surface area (Å²) in [6.07, 6.45) is 17.2. The molecule has 25 heavy (non-hydrogen) atoms. The molecule has 0 aliphatic carbocycles. The highest BCUT2D eigenvalue weighted by molar-refractivity contribution is 5.76. The van der Waals surface area contributed by atoms with Gasteiger partial charge in [0, 0.05) is 31.5 Å². The second-order valence-electron chi connectivity index (χ2n) is 7.45. The Kier molecular flexibility index (Phi) is 9.79. The third-order valence-corrected chi connectivity index (χ3v) is 5.40. The van der Waals surface area contributed by atoms with Crippen LogP contribution >= 0.6 is 0 Å². The van der Waals surface area contributed by atoms with E-state index in [1.54, 1.807) is 0 Å². The number of rotatable bonds is 11. The Balaban J connectivity index is 1.78. The number of nitrogens with zero attached hydrogens (tertiary/aromatic N) is 3. The summed E-state index contributed by atoms with van der Waals surface area (Å²) in [6.45, 7) is 7.04. The number of pyridine rings is 1. The Morgan fingerprint density at radius 1 is 1.08 bits per heavy atom. The first kappa shape index (κ1) is 20.1. The molecule has 140 valence electrons. The van der Waals surface area contributed by atoms with Crippen LogP contribution in [0.2, 0.25) is 0 Å². The predicted octanol–water partition coefficient (Wildman–Crippen LogP) is 5.49. The fraction of sp³-hybridized carbons (Fsp3) is 0.727. The number of unbranched alkanes of at least 4 members (excludes halogenated alkanes) is 4.